The van der Waals surface area contributed by atoms with Crippen LogP contribution < -0.4 is 4.74 Å². The number of nitrogens with zero attached hydrogens (tertiary/aromatic N) is 2. The second kappa shape index (κ2) is 9.56. The van der Waals surface area contributed by atoms with Gasteiger partial charge in [-0.05, 0) is 42.5 Å². The van der Waals surface area contributed by atoms with E-state index in [1.165, 1.54) is 11.3 Å². The molecule has 0 spiro atoms. The zero-order chi connectivity index (χ0) is 20.8. The molecule has 1 saturated heterocycles. The van der Waals surface area contributed by atoms with E-state index in [2.05, 4.69) is 0 Å². The Morgan fingerprint density at radius 3 is 2.41 bits per heavy atom. The van der Waals surface area contributed by atoms with Gasteiger partial charge in [0, 0.05) is 26.2 Å². The van der Waals surface area contributed by atoms with E-state index in [-0.39, 0.29) is 25.0 Å². The van der Waals surface area contributed by atoms with Gasteiger partial charge in [-0.25, -0.2) is 4.79 Å². The first kappa shape index (κ1) is 20.9. The number of piperazine rings is 1. The van der Waals surface area contributed by atoms with Gasteiger partial charge in [-0.15, -0.1) is 11.3 Å². The second-order valence-corrected chi connectivity index (χ2v) is 7.82. The fourth-order valence-corrected chi connectivity index (χ4v) is 3.68. The Morgan fingerprint density at radius 1 is 1.00 bits per heavy atom. The third-order valence-electron chi connectivity index (χ3n) is 4.70. The van der Waals surface area contributed by atoms with E-state index in [9.17, 15) is 14.4 Å². The van der Waals surface area contributed by atoms with Crippen molar-refractivity contribution in [2.75, 3.05) is 39.4 Å². The van der Waals surface area contributed by atoms with Crippen LogP contribution >= 0.6 is 11.3 Å². The summed E-state index contributed by atoms with van der Waals surface area (Å²) in [6, 6.07) is 9.38. The van der Waals surface area contributed by atoms with Gasteiger partial charge in [-0.2, -0.15) is 0 Å². The lowest BCUT2D eigenvalue weighted by Crippen LogP contribution is -2.51. The van der Waals surface area contributed by atoms with Crippen LogP contribution in [-0.4, -0.2) is 67.0 Å². The van der Waals surface area contributed by atoms with Crippen LogP contribution in [-0.2, 0) is 14.3 Å². The molecule has 2 amide bonds. The molecule has 0 radical (unpaired) electrons. The third-order valence-corrected chi connectivity index (χ3v) is 5.56. The van der Waals surface area contributed by atoms with Gasteiger partial charge in [0.05, 0.1) is 4.88 Å². The summed E-state index contributed by atoms with van der Waals surface area (Å²) in [6.45, 7) is 5.04. The van der Waals surface area contributed by atoms with Crippen LogP contribution in [0.5, 0.6) is 5.75 Å². The van der Waals surface area contributed by atoms with Gasteiger partial charge in [-0.1, -0.05) is 18.2 Å². The maximum Gasteiger partial charge on any atom is 0.344 e. The number of aryl methyl sites for hydroxylation is 2. The lowest BCUT2D eigenvalue weighted by atomic mass is 10.1. The lowest BCUT2D eigenvalue weighted by molar-refractivity contribution is -0.154. The number of thiophene rings is 1. The van der Waals surface area contributed by atoms with Gasteiger partial charge in [0.2, 0.25) is 0 Å². The molecule has 154 valence electrons. The molecule has 0 unspecified atom stereocenters. The molecular weight excluding hydrogens is 392 g/mol. The standard InChI is InChI=1S/C21H24N2O5S/c1-15-5-6-16(2)17(12-15)27-14-20(25)28-13-19(24)22-7-9-23(10-8-22)21(26)18-4-3-11-29-18/h3-6,11-12H,7-10,13-14H2,1-2H3. The van der Waals surface area contributed by atoms with E-state index in [4.69, 9.17) is 9.47 Å². The van der Waals surface area contributed by atoms with Crippen LogP contribution in [0.3, 0.4) is 0 Å². The molecule has 1 aromatic heterocycles. The van der Waals surface area contributed by atoms with Crippen molar-refractivity contribution in [2.24, 2.45) is 0 Å². The van der Waals surface area contributed by atoms with Gasteiger partial charge in [-0.3, -0.25) is 9.59 Å². The van der Waals surface area contributed by atoms with Crippen LogP contribution in [0.25, 0.3) is 0 Å². The van der Waals surface area contributed by atoms with E-state index >= 15 is 0 Å². The van der Waals surface area contributed by atoms with Crippen molar-refractivity contribution in [3.8, 4) is 5.75 Å². The molecule has 0 aliphatic carbocycles. The Bertz CT molecular complexity index is 873. The number of rotatable bonds is 6. The number of carbonyl (C=O) groups is 3. The molecule has 29 heavy (non-hydrogen) atoms. The predicted octanol–water partition coefficient (Wildman–Crippen LogP) is 2.27. The smallest absolute Gasteiger partial charge is 0.344 e. The SMILES string of the molecule is Cc1ccc(C)c(OCC(=O)OCC(=O)N2CCN(C(=O)c3cccs3)CC2)c1. The zero-order valence-electron chi connectivity index (χ0n) is 16.6. The van der Waals surface area contributed by atoms with E-state index < -0.39 is 5.97 Å². The van der Waals surface area contributed by atoms with Crippen molar-refractivity contribution >= 4 is 29.1 Å². The minimum absolute atomic E-state index is 0.0119. The third kappa shape index (κ3) is 5.57. The topological polar surface area (TPSA) is 76.2 Å². The molecule has 2 heterocycles. The van der Waals surface area contributed by atoms with Crippen LogP contribution in [0, 0.1) is 13.8 Å². The van der Waals surface area contributed by atoms with Gasteiger partial charge in [0.15, 0.2) is 13.2 Å². The molecule has 3 rings (SSSR count). The van der Waals surface area contributed by atoms with E-state index in [0.29, 0.717) is 36.8 Å². The fraction of sp³-hybridized carbons (Fsp3) is 0.381. The predicted molar refractivity (Wildman–Crippen MR) is 109 cm³/mol. The van der Waals surface area contributed by atoms with Crippen molar-refractivity contribution in [1.29, 1.82) is 0 Å². The molecule has 1 aromatic carbocycles. The number of hydrogen-bond acceptors (Lipinski definition) is 6. The quantitative estimate of drug-likeness (QED) is 0.676. The molecule has 0 atom stereocenters. The van der Waals surface area contributed by atoms with Crippen LogP contribution in [0.1, 0.15) is 20.8 Å². The molecule has 1 aliphatic heterocycles. The largest absolute Gasteiger partial charge is 0.482 e. The maximum absolute atomic E-state index is 12.3. The van der Waals surface area contributed by atoms with E-state index in [1.54, 1.807) is 15.9 Å². The van der Waals surface area contributed by atoms with Crippen molar-refractivity contribution in [2.45, 2.75) is 13.8 Å². The summed E-state index contributed by atoms with van der Waals surface area (Å²) in [4.78, 5) is 40.6. The molecule has 7 nitrogen and oxygen atoms in total. The van der Waals surface area contributed by atoms with Crippen molar-refractivity contribution in [1.82, 2.24) is 9.80 Å². The number of esters is 1. The summed E-state index contributed by atoms with van der Waals surface area (Å²) in [5, 5.41) is 1.87. The Kier molecular flexibility index (Phi) is 6.87. The molecule has 2 aromatic rings. The minimum Gasteiger partial charge on any atom is -0.482 e. The van der Waals surface area contributed by atoms with Gasteiger partial charge >= 0.3 is 5.97 Å². The molecule has 0 N–H and O–H groups in total. The first-order chi connectivity index (χ1) is 13.9. The van der Waals surface area contributed by atoms with Crippen molar-refractivity contribution in [3.05, 3.63) is 51.7 Å². The Labute approximate surface area is 173 Å². The molecule has 8 heteroatoms. The summed E-state index contributed by atoms with van der Waals surface area (Å²) in [5.74, 6) is -0.249. The number of amides is 2. The highest BCUT2D eigenvalue weighted by atomic mass is 32.1. The number of ether oxygens (including phenoxy) is 2. The van der Waals surface area contributed by atoms with Gasteiger partial charge < -0.3 is 19.3 Å². The molecule has 1 aliphatic rings. The summed E-state index contributed by atoms with van der Waals surface area (Å²) in [7, 11) is 0. The average molecular weight is 416 g/mol. The summed E-state index contributed by atoms with van der Waals surface area (Å²) >= 11 is 1.41. The second-order valence-electron chi connectivity index (χ2n) is 6.87. The molecular formula is C21H24N2O5S. The highest BCUT2D eigenvalue weighted by Crippen LogP contribution is 2.19. The molecule has 0 bridgehead atoms. The Balaban J connectivity index is 1.39. The minimum atomic E-state index is -0.592. The first-order valence-electron chi connectivity index (χ1n) is 9.40. The monoisotopic (exact) mass is 416 g/mol. The zero-order valence-corrected chi connectivity index (χ0v) is 17.4. The lowest BCUT2D eigenvalue weighted by Gasteiger charge is -2.34. The van der Waals surface area contributed by atoms with Crippen LogP contribution in [0.2, 0.25) is 0 Å². The normalized spacial score (nSPS) is 13.9. The van der Waals surface area contributed by atoms with Crippen molar-refractivity contribution < 1.29 is 23.9 Å². The first-order valence-corrected chi connectivity index (χ1v) is 10.3. The Morgan fingerprint density at radius 2 is 1.72 bits per heavy atom. The fourth-order valence-electron chi connectivity index (χ4n) is 2.99. The number of carbonyl (C=O) groups excluding carboxylic acids is 3. The molecule has 0 saturated carbocycles. The highest BCUT2D eigenvalue weighted by molar-refractivity contribution is 7.12. The van der Waals surface area contributed by atoms with E-state index in [1.807, 2.05) is 43.5 Å². The van der Waals surface area contributed by atoms with Crippen LogP contribution in [0.15, 0.2) is 35.7 Å². The summed E-state index contributed by atoms with van der Waals surface area (Å²) < 4.78 is 10.5. The maximum atomic E-state index is 12.3. The molecule has 1 fully saturated rings. The summed E-state index contributed by atoms with van der Waals surface area (Å²) in [5.41, 5.74) is 1.96. The van der Waals surface area contributed by atoms with Gasteiger partial charge in [0.25, 0.3) is 11.8 Å². The highest BCUT2D eigenvalue weighted by Gasteiger charge is 2.25. The van der Waals surface area contributed by atoms with E-state index in [0.717, 1.165) is 11.1 Å². The average Bonchev–Trinajstić information content (AvgIpc) is 3.27. The Hall–Kier alpha value is -2.87. The van der Waals surface area contributed by atoms with Gasteiger partial charge in [0.1, 0.15) is 5.75 Å². The van der Waals surface area contributed by atoms with Crippen LogP contribution in [0.4, 0.5) is 0 Å². The number of benzene rings is 1. The summed E-state index contributed by atoms with van der Waals surface area (Å²) in [6.07, 6.45) is 0. The number of hydrogen-bond donors (Lipinski definition) is 0. The van der Waals surface area contributed by atoms with Crippen molar-refractivity contribution in [3.63, 3.8) is 0 Å².